The first-order valence-electron chi connectivity index (χ1n) is 11.1. The number of hydrogen-bond acceptors (Lipinski definition) is 4. The number of carbonyl (C=O) groups is 1. The summed E-state index contributed by atoms with van der Waals surface area (Å²) in [5.74, 6) is 0.0755. The summed E-state index contributed by atoms with van der Waals surface area (Å²) in [7, 11) is 0. The van der Waals surface area contributed by atoms with Crippen LogP contribution in [0.15, 0.2) is 53.1 Å². The van der Waals surface area contributed by atoms with E-state index >= 15 is 0 Å². The van der Waals surface area contributed by atoms with Gasteiger partial charge >= 0.3 is 0 Å². The lowest BCUT2D eigenvalue weighted by Crippen LogP contribution is -2.30. The molecular formula is C26H28F2N4O2. The highest BCUT2D eigenvalue weighted by Crippen LogP contribution is 2.33. The number of halogens is 2. The monoisotopic (exact) mass is 466 g/mol. The first-order valence-corrected chi connectivity index (χ1v) is 11.1. The van der Waals surface area contributed by atoms with Crippen LogP contribution >= 0.6 is 0 Å². The molecule has 3 aromatic heterocycles. The van der Waals surface area contributed by atoms with Crippen LogP contribution in [-0.2, 0) is 16.8 Å². The maximum absolute atomic E-state index is 13.9. The molecule has 1 amide bonds. The third-order valence-corrected chi connectivity index (χ3v) is 5.86. The number of hydrogen-bond donors (Lipinski definition) is 1. The molecule has 34 heavy (non-hydrogen) atoms. The van der Waals surface area contributed by atoms with Crippen LogP contribution in [0.4, 0.5) is 8.78 Å². The van der Waals surface area contributed by atoms with E-state index in [0.717, 1.165) is 5.56 Å². The van der Waals surface area contributed by atoms with Crippen LogP contribution in [-0.4, -0.2) is 20.7 Å². The van der Waals surface area contributed by atoms with Crippen LogP contribution in [0.25, 0.3) is 22.5 Å². The molecule has 1 aromatic carbocycles. The van der Waals surface area contributed by atoms with Crippen LogP contribution in [0.1, 0.15) is 62.5 Å². The molecule has 0 saturated heterocycles. The van der Waals surface area contributed by atoms with Gasteiger partial charge in [0.15, 0.2) is 11.4 Å². The fourth-order valence-electron chi connectivity index (χ4n) is 4.00. The highest BCUT2D eigenvalue weighted by molar-refractivity contribution is 5.86. The molecule has 6 nitrogen and oxygen atoms in total. The number of nitrogens with zero attached hydrogens (tertiary/aromatic N) is 3. The number of furan rings is 1. The molecule has 0 radical (unpaired) electrons. The van der Waals surface area contributed by atoms with Gasteiger partial charge in [0, 0.05) is 5.56 Å². The highest BCUT2D eigenvalue weighted by atomic mass is 19.3. The van der Waals surface area contributed by atoms with Gasteiger partial charge in [-0.25, -0.2) is 18.4 Å². The fraction of sp³-hybridized carbons (Fsp3) is 0.346. The van der Waals surface area contributed by atoms with Gasteiger partial charge in [0.05, 0.1) is 23.4 Å². The Morgan fingerprint density at radius 1 is 1.18 bits per heavy atom. The third-order valence-electron chi connectivity index (χ3n) is 5.86. The predicted octanol–water partition coefficient (Wildman–Crippen LogP) is 6.11. The summed E-state index contributed by atoms with van der Waals surface area (Å²) in [6.07, 6.45) is -1.27. The Hall–Kier alpha value is -3.55. The van der Waals surface area contributed by atoms with Crippen molar-refractivity contribution in [1.82, 2.24) is 20.1 Å². The molecule has 0 bridgehead atoms. The van der Waals surface area contributed by atoms with E-state index in [2.05, 4.69) is 48.3 Å². The molecule has 4 rings (SSSR count). The number of amides is 1. The van der Waals surface area contributed by atoms with Gasteiger partial charge < -0.3 is 9.73 Å². The Balaban J connectivity index is 1.59. The third kappa shape index (κ3) is 4.71. The summed E-state index contributed by atoms with van der Waals surface area (Å²) in [6.45, 7) is 9.83. The SMILES string of the molecule is Cc1nn(CC(=O)NC(C)c2ccc(C(C)(C)C)cc2)c2nc(-c3ccco3)cc(C(F)F)c12. The van der Waals surface area contributed by atoms with Crippen molar-refractivity contribution < 1.29 is 18.0 Å². The molecule has 4 aromatic rings. The number of alkyl halides is 2. The Morgan fingerprint density at radius 3 is 2.47 bits per heavy atom. The Morgan fingerprint density at radius 2 is 1.88 bits per heavy atom. The molecule has 0 aliphatic carbocycles. The van der Waals surface area contributed by atoms with Crippen molar-refractivity contribution >= 4 is 16.9 Å². The molecule has 178 valence electrons. The lowest BCUT2D eigenvalue weighted by Gasteiger charge is -2.20. The quantitative estimate of drug-likeness (QED) is 0.372. The normalized spacial score (nSPS) is 12.9. The predicted molar refractivity (Wildman–Crippen MR) is 127 cm³/mol. The zero-order valence-electron chi connectivity index (χ0n) is 19.9. The van der Waals surface area contributed by atoms with Crippen molar-refractivity contribution in [3.63, 3.8) is 0 Å². The van der Waals surface area contributed by atoms with Crippen molar-refractivity contribution in [3.05, 3.63) is 71.1 Å². The van der Waals surface area contributed by atoms with Crippen molar-refractivity contribution in [3.8, 4) is 11.5 Å². The fourth-order valence-corrected chi connectivity index (χ4v) is 4.00. The molecule has 0 aliphatic heterocycles. The van der Waals surface area contributed by atoms with Gasteiger partial charge in [-0.1, -0.05) is 45.0 Å². The van der Waals surface area contributed by atoms with Gasteiger partial charge in [-0.3, -0.25) is 4.79 Å². The van der Waals surface area contributed by atoms with E-state index in [1.165, 1.54) is 22.6 Å². The molecule has 0 aliphatic rings. The number of aromatic nitrogens is 3. The van der Waals surface area contributed by atoms with E-state index in [9.17, 15) is 13.6 Å². The number of carbonyl (C=O) groups excluding carboxylic acids is 1. The summed E-state index contributed by atoms with van der Waals surface area (Å²) in [4.78, 5) is 17.3. The summed E-state index contributed by atoms with van der Waals surface area (Å²) >= 11 is 0. The van der Waals surface area contributed by atoms with Gasteiger partial charge in [0.1, 0.15) is 12.2 Å². The van der Waals surface area contributed by atoms with Crippen molar-refractivity contribution in [2.45, 2.75) is 59.0 Å². The zero-order chi connectivity index (χ0) is 24.6. The van der Waals surface area contributed by atoms with Crippen molar-refractivity contribution in [2.24, 2.45) is 0 Å². The Labute approximate surface area is 197 Å². The highest BCUT2D eigenvalue weighted by Gasteiger charge is 2.23. The molecule has 8 heteroatoms. The number of fused-ring (bicyclic) bond motifs is 1. The minimum absolute atomic E-state index is 0.0442. The standard InChI is InChI=1S/C26H28F2N4O2/c1-15(17-8-10-18(11-9-17)26(3,4)5)29-22(33)14-32-25-23(16(2)31-32)19(24(27)28)13-20(30-25)21-7-6-12-34-21/h6-13,15,24H,14H2,1-5H3,(H,29,33). The molecule has 1 N–H and O–H groups in total. The van der Waals surface area contributed by atoms with Gasteiger partial charge in [-0.2, -0.15) is 5.10 Å². The second-order valence-electron chi connectivity index (χ2n) is 9.48. The average Bonchev–Trinajstić information content (AvgIpc) is 3.41. The van der Waals surface area contributed by atoms with Crippen LogP contribution < -0.4 is 5.32 Å². The van der Waals surface area contributed by atoms with E-state index in [1.54, 1.807) is 19.1 Å². The van der Waals surface area contributed by atoms with Crippen LogP contribution in [0.3, 0.4) is 0 Å². The van der Waals surface area contributed by atoms with E-state index in [1.807, 2.05) is 19.1 Å². The molecule has 0 fully saturated rings. The van der Waals surface area contributed by atoms with Gasteiger partial charge in [-0.05, 0) is 48.6 Å². The minimum Gasteiger partial charge on any atom is -0.463 e. The first-order chi connectivity index (χ1) is 16.0. The number of pyridine rings is 1. The minimum atomic E-state index is -2.72. The van der Waals surface area contributed by atoms with Gasteiger partial charge in [-0.15, -0.1) is 0 Å². The Kier molecular flexibility index (Phi) is 6.25. The maximum atomic E-state index is 13.9. The van der Waals surface area contributed by atoms with Crippen molar-refractivity contribution in [1.29, 1.82) is 0 Å². The van der Waals surface area contributed by atoms with Crippen LogP contribution in [0.2, 0.25) is 0 Å². The summed E-state index contributed by atoms with van der Waals surface area (Å²) in [5.41, 5.74) is 2.92. The van der Waals surface area contributed by atoms with Gasteiger partial charge in [0.2, 0.25) is 5.91 Å². The van der Waals surface area contributed by atoms with E-state index < -0.39 is 6.43 Å². The molecule has 1 unspecified atom stereocenters. The smallest absolute Gasteiger partial charge is 0.264 e. The summed E-state index contributed by atoms with van der Waals surface area (Å²) in [6, 6.07) is 12.5. The summed E-state index contributed by atoms with van der Waals surface area (Å²) in [5, 5.41) is 7.56. The molecular weight excluding hydrogens is 438 g/mol. The summed E-state index contributed by atoms with van der Waals surface area (Å²) < 4.78 is 34.4. The topological polar surface area (TPSA) is 73.0 Å². The second kappa shape index (κ2) is 9.00. The first kappa shape index (κ1) is 23.6. The number of nitrogens with one attached hydrogen (secondary N) is 1. The number of benzene rings is 1. The van der Waals surface area contributed by atoms with Crippen molar-refractivity contribution in [2.75, 3.05) is 0 Å². The van der Waals surface area contributed by atoms with Gasteiger partial charge in [0.25, 0.3) is 6.43 Å². The van der Waals surface area contributed by atoms with E-state index in [4.69, 9.17) is 4.42 Å². The van der Waals surface area contributed by atoms with Crippen LogP contribution in [0, 0.1) is 6.92 Å². The lowest BCUT2D eigenvalue weighted by molar-refractivity contribution is -0.122. The lowest BCUT2D eigenvalue weighted by atomic mass is 9.86. The zero-order valence-corrected chi connectivity index (χ0v) is 19.9. The Bertz CT molecular complexity index is 1300. The maximum Gasteiger partial charge on any atom is 0.264 e. The largest absolute Gasteiger partial charge is 0.463 e. The van der Waals surface area contributed by atoms with E-state index in [-0.39, 0.29) is 46.2 Å². The average molecular weight is 467 g/mol. The second-order valence-corrected chi connectivity index (χ2v) is 9.48. The molecule has 3 heterocycles. The van der Waals surface area contributed by atoms with E-state index in [0.29, 0.717) is 11.5 Å². The number of rotatable bonds is 6. The molecule has 0 spiro atoms. The van der Waals surface area contributed by atoms with Crippen LogP contribution in [0.5, 0.6) is 0 Å². The number of aryl methyl sites for hydroxylation is 1. The molecule has 0 saturated carbocycles. The molecule has 1 atom stereocenters.